The molecule has 0 radical (unpaired) electrons. The average molecular weight is 296 g/mol. The molecule has 1 fully saturated rings. The summed E-state index contributed by atoms with van der Waals surface area (Å²) in [6.07, 6.45) is 1.73. The van der Waals surface area contributed by atoms with Gasteiger partial charge in [-0.15, -0.1) is 0 Å². The van der Waals surface area contributed by atoms with Crippen molar-refractivity contribution in [2.45, 2.75) is 39.7 Å². The third-order valence-corrected chi connectivity index (χ3v) is 5.97. The Hall–Kier alpha value is -1.07. The lowest BCUT2D eigenvalue weighted by Crippen LogP contribution is -2.42. The number of sulfonamides is 1. The Morgan fingerprint density at radius 3 is 2.40 bits per heavy atom. The molecule has 0 amide bonds. The van der Waals surface area contributed by atoms with Gasteiger partial charge in [-0.05, 0) is 56.9 Å². The maximum Gasteiger partial charge on any atom is 0.213 e. The van der Waals surface area contributed by atoms with Gasteiger partial charge in [-0.2, -0.15) is 0 Å². The lowest BCUT2D eigenvalue weighted by molar-refractivity contribution is 0.330. The van der Waals surface area contributed by atoms with E-state index in [2.05, 4.69) is 37.4 Å². The number of hydrogen-bond donors (Lipinski definition) is 1. The van der Waals surface area contributed by atoms with Gasteiger partial charge < -0.3 is 5.32 Å². The summed E-state index contributed by atoms with van der Waals surface area (Å²) in [5, 5.41) is 3.52. The van der Waals surface area contributed by atoms with Gasteiger partial charge in [0.25, 0.3) is 0 Å². The van der Waals surface area contributed by atoms with Crippen molar-refractivity contribution in [3.05, 3.63) is 29.3 Å². The van der Waals surface area contributed by atoms with Crippen LogP contribution in [0.25, 0.3) is 0 Å². The molecule has 0 spiro atoms. The molecule has 1 N–H and O–H groups in total. The zero-order valence-corrected chi connectivity index (χ0v) is 13.3. The Bertz CT molecular complexity index is 561. The molecule has 4 nitrogen and oxygen atoms in total. The fourth-order valence-electron chi connectivity index (χ4n) is 2.53. The smallest absolute Gasteiger partial charge is 0.213 e. The fraction of sp³-hybridized carbons (Fsp3) is 0.600. The Morgan fingerprint density at radius 1 is 1.20 bits per heavy atom. The molecule has 1 saturated heterocycles. The largest absolute Gasteiger partial charge is 0.382 e. The summed E-state index contributed by atoms with van der Waals surface area (Å²) in [5.41, 5.74) is 3.70. The maximum atomic E-state index is 11.8. The Morgan fingerprint density at radius 2 is 1.85 bits per heavy atom. The van der Waals surface area contributed by atoms with Gasteiger partial charge in [0, 0.05) is 24.8 Å². The van der Waals surface area contributed by atoms with Crippen LogP contribution in [0.3, 0.4) is 0 Å². The van der Waals surface area contributed by atoms with E-state index in [1.165, 1.54) is 11.1 Å². The summed E-state index contributed by atoms with van der Waals surface area (Å²) in [6.45, 7) is 7.16. The Balaban J connectivity index is 1.93. The Kier molecular flexibility index (Phi) is 4.70. The van der Waals surface area contributed by atoms with E-state index in [0.717, 1.165) is 18.5 Å². The maximum absolute atomic E-state index is 11.8. The van der Waals surface area contributed by atoms with Crippen LogP contribution in [0.4, 0.5) is 5.69 Å². The first-order valence-corrected chi connectivity index (χ1v) is 8.85. The minimum absolute atomic E-state index is 0.197. The van der Waals surface area contributed by atoms with E-state index in [1.807, 2.05) is 0 Å². The van der Waals surface area contributed by atoms with Gasteiger partial charge in [0.1, 0.15) is 0 Å². The van der Waals surface area contributed by atoms with Crippen LogP contribution >= 0.6 is 0 Å². The van der Waals surface area contributed by atoms with Crippen LogP contribution in [0.5, 0.6) is 0 Å². The van der Waals surface area contributed by atoms with Crippen molar-refractivity contribution in [1.82, 2.24) is 4.31 Å². The lowest BCUT2D eigenvalue weighted by atomic mass is 10.0. The van der Waals surface area contributed by atoms with E-state index in [4.69, 9.17) is 0 Å². The molecule has 1 heterocycles. The van der Waals surface area contributed by atoms with E-state index in [1.54, 1.807) is 11.2 Å². The van der Waals surface area contributed by atoms with Crippen LogP contribution in [0.15, 0.2) is 18.2 Å². The average Bonchev–Trinajstić information content (AvgIpc) is 2.43. The van der Waals surface area contributed by atoms with Gasteiger partial charge in [0.15, 0.2) is 0 Å². The summed E-state index contributed by atoms with van der Waals surface area (Å²) in [4.78, 5) is 0. The third kappa shape index (κ3) is 3.52. The molecule has 0 aliphatic carbocycles. The SMILES string of the molecule is CCS(=O)(=O)N1CCC(Nc2ccc(C)c(C)c2)CC1. The number of benzene rings is 1. The first-order chi connectivity index (χ1) is 9.42. The first kappa shape index (κ1) is 15.3. The van der Waals surface area contributed by atoms with Crippen LogP contribution in [-0.4, -0.2) is 37.6 Å². The highest BCUT2D eigenvalue weighted by Crippen LogP contribution is 2.20. The first-order valence-electron chi connectivity index (χ1n) is 7.24. The van der Waals surface area contributed by atoms with Gasteiger partial charge in [0.05, 0.1) is 5.75 Å². The van der Waals surface area contributed by atoms with Gasteiger partial charge >= 0.3 is 0 Å². The quantitative estimate of drug-likeness (QED) is 0.929. The number of nitrogens with one attached hydrogen (secondary N) is 1. The van der Waals surface area contributed by atoms with Crippen molar-refractivity contribution in [1.29, 1.82) is 0 Å². The number of hydrogen-bond acceptors (Lipinski definition) is 3. The highest BCUT2D eigenvalue weighted by atomic mass is 32.2. The van der Waals surface area contributed by atoms with E-state index in [0.29, 0.717) is 19.1 Å². The van der Waals surface area contributed by atoms with Crippen LogP contribution in [0.2, 0.25) is 0 Å². The topological polar surface area (TPSA) is 49.4 Å². The number of piperidine rings is 1. The second kappa shape index (κ2) is 6.14. The molecule has 0 aromatic heterocycles. The second-order valence-electron chi connectivity index (χ2n) is 5.52. The summed E-state index contributed by atoms with van der Waals surface area (Å²) in [5.74, 6) is 0.197. The normalized spacial score (nSPS) is 18.1. The van der Waals surface area contributed by atoms with E-state index >= 15 is 0 Å². The molecule has 1 aliphatic rings. The van der Waals surface area contributed by atoms with Crippen LogP contribution in [-0.2, 0) is 10.0 Å². The predicted octanol–water partition coefficient (Wildman–Crippen LogP) is 2.53. The molecule has 0 saturated carbocycles. The van der Waals surface area contributed by atoms with Crippen molar-refractivity contribution in [2.75, 3.05) is 24.2 Å². The summed E-state index contributed by atoms with van der Waals surface area (Å²) in [6, 6.07) is 6.73. The highest BCUT2D eigenvalue weighted by molar-refractivity contribution is 7.89. The molecule has 1 aromatic carbocycles. The second-order valence-corrected chi connectivity index (χ2v) is 7.77. The van der Waals surface area contributed by atoms with Crippen LogP contribution < -0.4 is 5.32 Å². The summed E-state index contributed by atoms with van der Waals surface area (Å²) in [7, 11) is -3.02. The summed E-state index contributed by atoms with van der Waals surface area (Å²) >= 11 is 0. The molecule has 0 bridgehead atoms. The highest BCUT2D eigenvalue weighted by Gasteiger charge is 2.26. The lowest BCUT2D eigenvalue weighted by Gasteiger charge is -2.32. The molecule has 2 rings (SSSR count). The zero-order chi connectivity index (χ0) is 14.8. The predicted molar refractivity (Wildman–Crippen MR) is 83.6 cm³/mol. The number of aryl methyl sites for hydroxylation is 2. The van der Waals surface area contributed by atoms with E-state index in [9.17, 15) is 8.42 Å². The molecule has 1 aromatic rings. The van der Waals surface area contributed by atoms with Crippen molar-refractivity contribution in [3.63, 3.8) is 0 Å². The minimum Gasteiger partial charge on any atom is -0.382 e. The monoisotopic (exact) mass is 296 g/mol. The van der Waals surface area contributed by atoms with Crippen molar-refractivity contribution in [3.8, 4) is 0 Å². The number of rotatable bonds is 4. The van der Waals surface area contributed by atoms with Crippen LogP contribution in [0.1, 0.15) is 30.9 Å². The molecular weight excluding hydrogens is 272 g/mol. The van der Waals surface area contributed by atoms with E-state index in [-0.39, 0.29) is 5.75 Å². The van der Waals surface area contributed by atoms with Gasteiger partial charge in [-0.25, -0.2) is 12.7 Å². The van der Waals surface area contributed by atoms with Gasteiger partial charge in [-0.1, -0.05) is 6.07 Å². The van der Waals surface area contributed by atoms with Crippen molar-refractivity contribution < 1.29 is 8.42 Å². The zero-order valence-electron chi connectivity index (χ0n) is 12.5. The summed E-state index contributed by atoms with van der Waals surface area (Å²) < 4.78 is 25.2. The van der Waals surface area contributed by atoms with Crippen molar-refractivity contribution in [2.24, 2.45) is 0 Å². The third-order valence-electron chi connectivity index (χ3n) is 4.09. The molecule has 112 valence electrons. The number of anilines is 1. The van der Waals surface area contributed by atoms with Gasteiger partial charge in [-0.3, -0.25) is 0 Å². The molecule has 0 atom stereocenters. The van der Waals surface area contributed by atoms with E-state index < -0.39 is 10.0 Å². The minimum atomic E-state index is -3.02. The Labute approximate surface area is 122 Å². The molecule has 20 heavy (non-hydrogen) atoms. The molecule has 0 unspecified atom stereocenters. The standard InChI is InChI=1S/C15H24N2O2S/c1-4-20(18,19)17-9-7-14(8-10-17)16-15-6-5-12(2)13(3)11-15/h5-6,11,14,16H,4,7-10H2,1-3H3. The molecule has 5 heteroatoms. The fourth-order valence-corrected chi connectivity index (χ4v) is 3.66. The molecule has 1 aliphatic heterocycles. The van der Waals surface area contributed by atoms with Crippen LogP contribution in [0, 0.1) is 13.8 Å². The number of nitrogens with zero attached hydrogens (tertiary/aromatic N) is 1. The van der Waals surface area contributed by atoms with Crippen molar-refractivity contribution >= 4 is 15.7 Å². The molecular formula is C15H24N2O2S. The van der Waals surface area contributed by atoms with Gasteiger partial charge in [0.2, 0.25) is 10.0 Å².